The van der Waals surface area contributed by atoms with Gasteiger partial charge in [-0.05, 0) is 36.9 Å². The van der Waals surface area contributed by atoms with Gasteiger partial charge in [0.05, 0.1) is 11.9 Å². The van der Waals surface area contributed by atoms with Gasteiger partial charge in [-0.2, -0.15) is 5.10 Å². The Morgan fingerprint density at radius 3 is 2.44 bits per heavy atom. The summed E-state index contributed by atoms with van der Waals surface area (Å²) in [5.41, 5.74) is 4.83. The van der Waals surface area contributed by atoms with E-state index in [1.165, 1.54) is 5.69 Å². The maximum Gasteiger partial charge on any atom is 0.261 e. The van der Waals surface area contributed by atoms with E-state index in [-0.39, 0.29) is 5.91 Å². The Morgan fingerprint density at radius 1 is 0.969 bits per heavy atom. The maximum absolute atomic E-state index is 13.0. The minimum atomic E-state index is -0.220. The number of carbonyl (C=O) groups excluding carboxylic acids is 1. The topological polar surface area (TPSA) is 65.8 Å². The highest BCUT2D eigenvalue weighted by molar-refractivity contribution is 6.08. The molecule has 0 bridgehead atoms. The first-order chi connectivity index (χ1) is 15.7. The first-order valence-corrected chi connectivity index (χ1v) is 11.0. The molecule has 1 N–H and O–H groups in total. The van der Waals surface area contributed by atoms with Crippen LogP contribution in [0.15, 0.2) is 73.1 Å². The van der Waals surface area contributed by atoms with Crippen molar-refractivity contribution in [1.82, 2.24) is 19.5 Å². The number of hydrogen-bond acceptors (Lipinski definition) is 5. The van der Waals surface area contributed by atoms with Crippen molar-refractivity contribution in [2.45, 2.75) is 6.92 Å². The Hall–Kier alpha value is -3.71. The van der Waals surface area contributed by atoms with Crippen LogP contribution < -0.4 is 10.2 Å². The summed E-state index contributed by atoms with van der Waals surface area (Å²) in [6.45, 7) is 7.53. The molecule has 0 aliphatic carbocycles. The second-order valence-corrected chi connectivity index (χ2v) is 7.91. The lowest BCUT2D eigenvalue weighted by atomic mass is 10.1. The molecule has 2 aromatic carbocycles. The van der Waals surface area contributed by atoms with Gasteiger partial charge in [0.25, 0.3) is 5.91 Å². The van der Waals surface area contributed by atoms with Gasteiger partial charge >= 0.3 is 0 Å². The zero-order chi connectivity index (χ0) is 21.9. The van der Waals surface area contributed by atoms with Crippen molar-refractivity contribution >= 4 is 22.9 Å². The predicted octanol–water partition coefficient (Wildman–Crippen LogP) is 3.79. The van der Waals surface area contributed by atoms with Gasteiger partial charge in [-0.3, -0.25) is 4.79 Å². The Balaban J connectivity index is 1.32. The first kappa shape index (κ1) is 20.2. The molecule has 0 spiro atoms. The second kappa shape index (κ2) is 8.80. The molecule has 0 atom stereocenters. The van der Waals surface area contributed by atoms with Crippen molar-refractivity contribution in [3.8, 4) is 11.3 Å². The van der Waals surface area contributed by atoms with Gasteiger partial charge in [0.1, 0.15) is 5.56 Å². The van der Waals surface area contributed by atoms with Crippen LogP contribution in [0.3, 0.4) is 0 Å². The zero-order valence-corrected chi connectivity index (χ0v) is 18.1. The molecule has 1 amide bonds. The van der Waals surface area contributed by atoms with E-state index >= 15 is 0 Å². The van der Waals surface area contributed by atoms with Crippen LogP contribution in [-0.4, -0.2) is 58.1 Å². The van der Waals surface area contributed by atoms with Crippen molar-refractivity contribution in [2.75, 3.05) is 42.9 Å². The molecule has 0 unspecified atom stereocenters. The molecular weight excluding hydrogens is 400 g/mol. The van der Waals surface area contributed by atoms with E-state index in [4.69, 9.17) is 0 Å². The van der Waals surface area contributed by atoms with E-state index in [0.29, 0.717) is 11.2 Å². The third-order valence-corrected chi connectivity index (χ3v) is 6.03. The van der Waals surface area contributed by atoms with Crippen LogP contribution in [0.4, 0.5) is 11.4 Å². The van der Waals surface area contributed by atoms with Crippen molar-refractivity contribution in [2.24, 2.45) is 0 Å². The summed E-state index contributed by atoms with van der Waals surface area (Å²) in [6, 6.07) is 19.9. The number of amides is 1. The Kier molecular flexibility index (Phi) is 5.56. The molecule has 0 radical (unpaired) electrons. The van der Waals surface area contributed by atoms with Crippen LogP contribution in [0.1, 0.15) is 17.3 Å². The number of carbonyl (C=O) groups is 1. The fourth-order valence-corrected chi connectivity index (χ4v) is 4.16. The van der Waals surface area contributed by atoms with Gasteiger partial charge in [-0.15, -0.1) is 0 Å². The molecule has 162 valence electrons. The smallest absolute Gasteiger partial charge is 0.261 e. The van der Waals surface area contributed by atoms with E-state index in [1.54, 1.807) is 16.9 Å². The third kappa shape index (κ3) is 3.94. The van der Waals surface area contributed by atoms with Crippen LogP contribution in [0, 0.1) is 0 Å². The number of benzene rings is 2. The van der Waals surface area contributed by atoms with Gasteiger partial charge in [0.15, 0.2) is 5.65 Å². The molecule has 7 heteroatoms. The molecule has 2 aromatic heterocycles. The molecule has 3 heterocycles. The molecule has 5 rings (SSSR count). The summed E-state index contributed by atoms with van der Waals surface area (Å²) in [7, 11) is 0. The van der Waals surface area contributed by atoms with Gasteiger partial charge in [0.2, 0.25) is 0 Å². The van der Waals surface area contributed by atoms with Crippen LogP contribution in [0.2, 0.25) is 0 Å². The second-order valence-electron chi connectivity index (χ2n) is 7.91. The SMILES string of the molecule is CCN1CCN(c2ccc(NC(=O)c3cnn4c(-c5ccccc5)ccnc34)cc2)CC1. The van der Waals surface area contributed by atoms with Crippen LogP contribution in [0.25, 0.3) is 16.9 Å². The predicted molar refractivity (Wildman–Crippen MR) is 127 cm³/mol. The molecule has 7 nitrogen and oxygen atoms in total. The van der Waals surface area contributed by atoms with Crippen molar-refractivity contribution in [1.29, 1.82) is 0 Å². The molecule has 1 fully saturated rings. The monoisotopic (exact) mass is 426 g/mol. The molecule has 1 saturated heterocycles. The number of nitrogens with one attached hydrogen (secondary N) is 1. The number of piperazine rings is 1. The summed E-state index contributed by atoms with van der Waals surface area (Å²) in [5, 5.41) is 7.41. The average molecular weight is 427 g/mol. The van der Waals surface area contributed by atoms with E-state index < -0.39 is 0 Å². The summed E-state index contributed by atoms with van der Waals surface area (Å²) in [4.78, 5) is 22.2. The summed E-state index contributed by atoms with van der Waals surface area (Å²) in [5.74, 6) is -0.220. The molecule has 32 heavy (non-hydrogen) atoms. The van der Waals surface area contributed by atoms with Gasteiger partial charge in [0, 0.05) is 49.3 Å². The highest BCUT2D eigenvalue weighted by Gasteiger charge is 2.18. The maximum atomic E-state index is 13.0. The molecule has 1 aliphatic heterocycles. The standard InChI is InChI=1S/C25H26N6O/c1-2-29-14-16-30(17-15-29)21-10-8-20(9-11-21)28-25(32)22-18-27-31-23(12-13-26-24(22)31)19-6-4-3-5-7-19/h3-13,18H,2,14-17H2,1H3,(H,28,32). The van der Waals surface area contributed by atoms with E-state index in [2.05, 4.69) is 44.3 Å². The van der Waals surface area contributed by atoms with Crippen molar-refractivity contribution in [3.63, 3.8) is 0 Å². The lowest BCUT2D eigenvalue weighted by molar-refractivity contribution is 0.102. The van der Waals surface area contributed by atoms with Crippen molar-refractivity contribution in [3.05, 3.63) is 78.6 Å². The number of aromatic nitrogens is 3. The van der Waals surface area contributed by atoms with Gasteiger partial charge in [-0.1, -0.05) is 37.3 Å². The number of nitrogens with zero attached hydrogens (tertiary/aromatic N) is 5. The summed E-state index contributed by atoms with van der Waals surface area (Å²) >= 11 is 0. The Morgan fingerprint density at radius 2 is 1.72 bits per heavy atom. The van der Waals surface area contributed by atoms with Gasteiger partial charge in [-0.25, -0.2) is 9.50 Å². The zero-order valence-electron chi connectivity index (χ0n) is 18.1. The van der Waals surface area contributed by atoms with Crippen LogP contribution in [-0.2, 0) is 0 Å². The van der Waals surface area contributed by atoms with E-state index in [9.17, 15) is 4.79 Å². The number of rotatable bonds is 5. The largest absolute Gasteiger partial charge is 0.369 e. The summed E-state index contributed by atoms with van der Waals surface area (Å²) in [6.07, 6.45) is 3.29. The normalized spacial score (nSPS) is 14.6. The Bertz CT molecular complexity index is 1210. The van der Waals surface area contributed by atoms with Crippen LogP contribution >= 0.6 is 0 Å². The number of hydrogen-bond donors (Lipinski definition) is 1. The minimum Gasteiger partial charge on any atom is -0.369 e. The molecule has 1 aliphatic rings. The van der Waals surface area contributed by atoms with Crippen LogP contribution in [0.5, 0.6) is 0 Å². The molecule has 0 saturated carbocycles. The summed E-state index contributed by atoms with van der Waals surface area (Å²) < 4.78 is 1.71. The fraction of sp³-hybridized carbons (Fsp3) is 0.240. The highest BCUT2D eigenvalue weighted by Crippen LogP contribution is 2.23. The lowest BCUT2D eigenvalue weighted by Crippen LogP contribution is -2.46. The first-order valence-electron chi connectivity index (χ1n) is 11.0. The number of anilines is 2. The fourth-order valence-electron chi connectivity index (χ4n) is 4.16. The van der Waals surface area contributed by atoms with Crippen molar-refractivity contribution < 1.29 is 4.79 Å². The average Bonchev–Trinajstić information content (AvgIpc) is 3.30. The molecular formula is C25H26N6O. The van der Waals surface area contributed by atoms with Gasteiger partial charge < -0.3 is 15.1 Å². The Labute approximate surface area is 187 Å². The quantitative estimate of drug-likeness (QED) is 0.526. The third-order valence-electron chi connectivity index (χ3n) is 6.03. The lowest BCUT2D eigenvalue weighted by Gasteiger charge is -2.35. The number of fused-ring (bicyclic) bond motifs is 1. The number of likely N-dealkylation sites (N-methyl/N-ethyl adjacent to an activating group) is 1. The minimum absolute atomic E-state index is 0.220. The van der Waals surface area contributed by atoms with E-state index in [0.717, 1.165) is 49.7 Å². The van der Waals surface area contributed by atoms with E-state index in [1.807, 2.05) is 48.5 Å². The molecule has 4 aromatic rings. The highest BCUT2D eigenvalue weighted by atomic mass is 16.1.